The number of benzene rings is 1. The van der Waals surface area contributed by atoms with Crippen molar-refractivity contribution in [3.8, 4) is 6.07 Å². The number of nitrogens with two attached hydrogens (primary N) is 1. The van der Waals surface area contributed by atoms with E-state index < -0.39 is 35.4 Å². The smallest absolute Gasteiger partial charge is 0.240 e. The first kappa shape index (κ1) is 18.7. The molecule has 1 aromatic rings. The molecule has 1 saturated heterocycles. The predicted molar refractivity (Wildman–Crippen MR) is 88.5 cm³/mol. The fourth-order valence-electron chi connectivity index (χ4n) is 3.35. The maximum Gasteiger partial charge on any atom is 0.240 e. The van der Waals surface area contributed by atoms with E-state index in [1.807, 2.05) is 0 Å². The van der Waals surface area contributed by atoms with E-state index in [2.05, 4.69) is 16.1 Å². The molecule has 0 aromatic heterocycles. The van der Waals surface area contributed by atoms with Crippen molar-refractivity contribution in [2.45, 2.75) is 51.4 Å². The second-order valence-corrected chi connectivity index (χ2v) is 6.90. The summed E-state index contributed by atoms with van der Waals surface area (Å²) in [4.78, 5) is 17.5. The van der Waals surface area contributed by atoms with E-state index in [9.17, 15) is 14.4 Å². The van der Waals surface area contributed by atoms with E-state index in [1.54, 1.807) is 32.9 Å². The van der Waals surface area contributed by atoms with Gasteiger partial charge >= 0.3 is 0 Å². The Balaban J connectivity index is 2.62. The molecule has 1 amide bonds. The summed E-state index contributed by atoms with van der Waals surface area (Å²) in [5.74, 6) is -0.777. The van der Waals surface area contributed by atoms with Crippen LogP contribution in [-0.4, -0.2) is 28.9 Å². The quantitative estimate of drug-likeness (QED) is 0.643. The number of nitriles is 1. The first-order valence-corrected chi connectivity index (χ1v) is 8.04. The van der Waals surface area contributed by atoms with Gasteiger partial charge in [-0.05, 0) is 38.5 Å². The van der Waals surface area contributed by atoms with E-state index in [0.717, 1.165) is 0 Å². The third kappa shape index (κ3) is 3.58. The fourth-order valence-corrected chi connectivity index (χ4v) is 3.35. The lowest BCUT2D eigenvalue weighted by atomic mass is 9.84. The SMILES string of the molecule is C[C@@H](N)C(=O)N1[C@H](c2cccc(F)c2)C(N=[N+]=N)C[C@@H]1C(C)(C)C#N. The topological polar surface area (TPSA) is 120 Å². The van der Waals surface area contributed by atoms with Crippen LogP contribution in [0.5, 0.6) is 0 Å². The van der Waals surface area contributed by atoms with Crippen LogP contribution in [0.1, 0.15) is 38.8 Å². The molecule has 1 aliphatic rings. The summed E-state index contributed by atoms with van der Waals surface area (Å²) < 4.78 is 13.7. The van der Waals surface area contributed by atoms with Gasteiger partial charge in [0.05, 0.1) is 29.6 Å². The fraction of sp³-hybridized carbons (Fsp3) is 0.529. The van der Waals surface area contributed by atoms with Crippen molar-refractivity contribution in [1.82, 2.24) is 9.81 Å². The van der Waals surface area contributed by atoms with Crippen molar-refractivity contribution in [3.63, 3.8) is 0 Å². The van der Waals surface area contributed by atoms with E-state index in [4.69, 9.17) is 11.3 Å². The van der Waals surface area contributed by atoms with Crippen molar-refractivity contribution in [1.29, 1.82) is 10.8 Å². The van der Waals surface area contributed by atoms with Gasteiger partial charge in [-0.3, -0.25) is 4.79 Å². The Morgan fingerprint density at radius 3 is 2.80 bits per heavy atom. The molecular formula is C17H22FN6O+. The lowest BCUT2D eigenvalue weighted by molar-refractivity contribution is -0.137. The van der Waals surface area contributed by atoms with Gasteiger partial charge in [0, 0.05) is 6.42 Å². The number of likely N-dealkylation sites (tertiary alicyclic amines) is 1. The molecule has 1 unspecified atom stereocenters. The Labute approximate surface area is 145 Å². The van der Waals surface area contributed by atoms with Gasteiger partial charge in [0.15, 0.2) is 6.04 Å². The Bertz CT molecular complexity index is 750. The molecule has 3 N–H and O–H groups in total. The summed E-state index contributed by atoms with van der Waals surface area (Å²) in [6.45, 7) is 5.05. The van der Waals surface area contributed by atoms with Crippen LogP contribution in [0.2, 0.25) is 0 Å². The zero-order valence-electron chi connectivity index (χ0n) is 14.5. The van der Waals surface area contributed by atoms with E-state index in [-0.39, 0.29) is 5.91 Å². The molecule has 0 saturated carbocycles. The maximum absolute atomic E-state index is 13.7. The lowest BCUT2D eigenvalue weighted by Gasteiger charge is -2.37. The van der Waals surface area contributed by atoms with Crippen LogP contribution in [0.15, 0.2) is 29.4 Å². The highest BCUT2D eigenvalue weighted by atomic mass is 19.1. The highest BCUT2D eigenvalue weighted by Gasteiger charge is 2.52. The molecule has 0 radical (unpaired) electrons. The van der Waals surface area contributed by atoms with Gasteiger partial charge in [0.25, 0.3) is 0 Å². The summed E-state index contributed by atoms with van der Waals surface area (Å²) >= 11 is 0. The molecule has 4 atom stereocenters. The van der Waals surface area contributed by atoms with Crippen LogP contribution in [0, 0.1) is 28.1 Å². The number of hydrogen-bond acceptors (Lipinski definition) is 5. The average Bonchev–Trinajstić information content (AvgIpc) is 2.94. The van der Waals surface area contributed by atoms with Crippen LogP contribution in [0.3, 0.4) is 0 Å². The summed E-state index contributed by atoms with van der Waals surface area (Å²) in [6, 6.07) is 5.71. The molecule has 1 fully saturated rings. The number of nitrogens with zero attached hydrogens (tertiary/aromatic N) is 4. The Morgan fingerprint density at radius 1 is 1.60 bits per heavy atom. The van der Waals surface area contributed by atoms with Crippen molar-refractivity contribution >= 4 is 5.91 Å². The molecule has 0 bridgehead atoms. The summed E-state index contributed by atoms with van der Waals surface area (Å²) in [7, 11) is 0. The molecule has 7 nitrogen and oxygen atoms in total. The van der Waals surface area contributed by atoms with Crippen LogP contribution in [-0.2, 0) is 4.79 Å². The van der Waals surface area contributed by atoms with Crippen molar-refractivity contribution < 1.29 is 9.18 Å². The third-order valence-electron chi connectivity index (χ3n) is 4.63. The van der Waals surface area contributed by atoms with Gasteiger partial charge in [-0.2, -0.15) is 5.26 Å². The highest BCUT2D eigenvalue weighted by Crippen LogP contribution is 2.44. The number of carbonyl (C=O) groups is 1. The van der Waals surface area contributed by atoms with Crippen molar-refractivity contribution in [2.75, 3.05) is 0 Å². The van der Waals surface area contributed by atoms with E-state index in [0.29, 0.717) is 12.0 Å². The van der Waals surface area contributed by atoms with Crippen molar-refractivity contribution in [3.05, 3.63) is 35.6 Å². The van der Waals surface area contributed by atoms with E-state index in [1.165, 1.54) is 17.0 Å². The molecular weight excluding hydrogens is 323 g/mol. The second-order valence-electron chi connectivity index (χ2n) is 6.90. The van der Waals surface area contributed by atoms with Gasteiger partial charge in [-0.15, -0.1) is 0 Å². The van der Waals surface area contributed by atoms with Gasteiger partial charge in [-0.25, -0.2) is 4.39 Å². The number of nitrogens with one attached hydrogen (secondary N) is 1. The Hall–Kier alpha value is -2.62. The molecule has 25 heavy (non-hydrogen) atoms. The molecule has 0 aliphatic carbocycles. The number of halogens is 1. The normalized spacial score (nSPS) is 24.3. The molecule has 8 heteroatoms. The Kier molecular flexibility index (Phi) is 5.31. The number of carbonyl (C=O) groups excluding carboxylic acids is 1. The molecule has 2 rings (SSSR count). The summed E-state index contributed by atoms with van der Waals surface area (Å²) in [5, 5.41) is 13.5. The van der Waals surface area contributed by atoms with Crippen LogP contribution in [0.4, 0.5) is 4.39 Å². The molecule has 0 spiro atoms. The standard InChI is InChI=1S/C17H22FN6O/c1-10(20)16(25)24-14(17(2,3)9-19)8-13(22-23-21)15(24)11-5-4-6-12(18)7-11/h4-7,10,13-15,21H,8,20H2,1-3H3/q+1/t10-,13?,14-,15-/m1/s1. The lowest BCUT2D eigenvalue weighted by Crippen LogP contribution is -2.50. The minimum Gasteiger partial charge on any atom is -0.327 e. The molecule has 1 aromatic carbocycles. The van der Waals surface area contributed by atoms with Gasteiger partial charge in [-0.1, -0.05) is 12.1 Å². The monoisotopic (exact) mass is 345 g/mol. The zero-order valence-corrected chi connectivity index (χ0v) is 14.5. The zero-order chi connectivity index (χ0) is 18.8. The van der Waals surface area contributed by atoms with E-state index >= 15 is 0 Å². The first-order valence-electron chi connectivity index (χ1n) is 8.04. The summed E-state index contributed by atoms with van der Waals surface area (Å²) in [6.07, 6.45) is 0.350. The first-order chi connectivity index (χ1) is 11.7. The Morgan fingerprint density at radius 2 is 2.28 bits per heavy atom. The molecule has 1 heterocycles. The van der Waals surface area contributed by atoms with Crippen LogP contribution < -0.4 is 10.6 Å². The van der Waals surface area contributed by atoms with Gasteiger partial charge < -0.3 is 10.6 Å². The minimum absolute atomic E-state index is 0.342. The average molecular weight is 345 g/mol. The second kappa shape index (κ2) is 7.09. The number of amides is 1. The predicted octanol–water partition coefficient (Wildman–Crippen LogP) is 2.28. The van der Waals surface area contributed by atoms with Crippen molar-refractivity contribution in [2.24, 2.45) is 16.3 Å². The van der Waals surface area contributed by atoms with Crippen LogP contribution >= 0.6 is 0 Å². The molecule has 132 valence electrons. The molecule has 1 aliphatic heterocycles. The summed E-state index contributed by atoms with van der Waals surface area (Å²) in [5.41, 5.74) is 12.6. The van der Waals surface area contributed by atoms with Gasteiger partial charge in [0.1, 0.15) is 16.5 Å². The third-order valence-corrected chi connectivity index (χ3v) is 4.63. The minimum atomic E-state index is -0.859. The highest BCUT2D eigenvalue weighted by molar-refractivity contribution is 5.82. The largest absolute Gasteiger partial charge is 0.327 e. The van der Waals surface area contributed by atoms with Gasteiger partial charge in [0.2, 0.25) is 10.8 Å². The number of hydrogen-bond donors (Lipinski definition) is 2. The maximum atomic E-state index is 13.7. The van der Waals surface area contributed by atoms with Crippen LogP contribution in [0.25, 0.3) is 0 Å². The number of rotatable bonds is 4.